The molecular formula is C20H31IN4O. The van der Waals surface area contributed by atoms with Gasteiger partial charge in [0.05, 0.1) is 11.4 Å². The number of unbranched alkanes of at least 4 members (excludes halogenated alkanes) is 1. The Bertz CT molecular complexity index is 610. The molecule has 0 atom stereocenters. The van der Waals surface area contributed by atoms with Gasteiger partial charge in [0, 0.05) is 10.1 Å². The monoisotopic (exact) mass is 470 g/mol. The number of amides is 1. The zero-order valence-electron chi connectivity index (χ0n) is 15.9. The summed E-state index contributed by atoms with van der Waals surface area (Å²) in [6, 6.07) is 5.55. The summed E-state index contributed by atoms with van der Waals surface area (Å²) in [4.78, 5) is 19.1. The molecule has 0 aliphatic heterocycles. The molecule has 0 bridgehead atoms. The Hall–Kier alpha value is -1.41. The van der Waals surface area contributed by atoms with Crippen LogP contribution in [0.15, 0.2) is 35.8 Å². The Kier molecular flexibility index (Phi) is 11.2. The largest absolute Gasteiger partial charge is 0.397 e. The maximum Gasteiger partial charge on any atom is 0.269 e. The first-order valence-corrected chi connectivity index (χ1v) is 10.4. The van der Waals surface area contributed by atoms with Gasteiger partial charge in [-0.3, -0.25) is 4.79 Å². The Morgan fingerprint density at radius 3 is 2.54 bits per heavy atom. The molecule has 6 heteroatoms. The van der Waals surface area contributed by atoms with Crippen LogP contribution in [0.4, 0.5) is 11.4 Å². The summed E-state index contributed by atoms with van der Waals surface area (Å²) < 4.78 is 1.03. The maximum atomic E-state index is 12.3. The number of hydrogen-bond donors (Lipinski definition) is 2. The zero-order valence-corrected chi connectivity index (χ0v) is 18.1. The lowest BCUT2D eigenvalue weighted by molar-refractivity contribution is -0.114. The third-order valence-electron chi connectivity index (χ3n) is 3.92. The summed E-state index contributed by atoms with van der Waals surface area (Å²) in [5, 5.41) is 2.92. The number of anilines is 1. The number of benzene rings is 1. The molecule has 5 nitrogen and oxygen atoms in total. The number of nitrogens with two attached hydrogens (primary N) is 1. The molecular weight excluding hydrogens is 439 g/mol. The minimum absolute atomic E-state index is 0.211. The highest BCUT2D eigenvalue weighted by Crippen LogP contribution is 2.24. The molecule has 26 heavy (non-hydrogen) atoms. The van der Waals surface area contributed by atoms with E-state index in [4.69, 9.17) is 5.73 Å². The van der Waals surface area contributed by atoms with Crippen LogP contribution in [0.25, 0.3) is 0 Å². The number of nitrogens with zero attached hydrogens (tertiary/aromatic N) is 2. The van der Waals surface area contributed by atoms with E-state index in [1.165, 1.54) is 18.9 Å². The molecule has 3 N–H and O–H groups in total. The number of rotatable bonds is 12. The molecule has 0 spiro atoms. The van der Waals surface area contributed by atoms with Crippen molar-refractivity contribution < 1.29 is 4.79 Å². The van der Waals surface area contributed by atoms with Crippen LogP contribution >= 0.6 is 22.6 Å². The number of nitrogens with one attached hydrogen (secondary N) is 1. The molecule has 0 saturated carbocycles. The van der Waals surface area contributed by atoms with E-state index in [1.807, 2.05) is 18.2 Å². The minimum atomic E-state index is -0.211. The summed E-state index contributed by atoms with van der Waals surface area (Å²) in [7, 11) is 0. The fourth-order valence-corrected chi connectivity index (χ4v) is 3.18. The summed E-state index contributed by atoms with van der Waals surface area (Å²) in [5.41, 5.74) is 7.39. The Balaban J connectivity index is 2.47. The van der Waals surface area contributed by atoms with Crippen molar-refractivity contribution in [2.45, 2.75) is 39.5 Å². The van der Waals surface area contributed by atoms with Crippen molar-refractivity contribution in [3.8, 4) is 0 Å². The first-order valence-electron chi connectivity index (χ1n) is 9.28. The fraction of sp³-hybridized carbons (Fsp3) is 0.500. The van der Waals surface area contributed by atoms with E-state index in [0.717, 1.165) is 36.0 Å². The van der Waals surface area contributed by atoms with Crippen molar-refractivity contribution in [3.05, 3.63) is 34.4 Å². The lowest BCUT2D eigenvalue weighted by Gasteiger charge is -2.20. The van der Waals surface area contributed by atoms with Crippen LogP contribution in [-0.2, 0) is 4.79 Å². The third-order valence-corrected chi connectivity index (χ3v) is 4.59. The molecule has 0 radical (unpaired) electrons. The highest BCUT2D eigenvalue weighted by molar-refractivity contribution is 14.1. The Morgan fingerprint density at radius 2 is 1.96 bits per heavy atom. The molecule has 0 aliphatic rings. The van der Waals surface area contributed by atoms with E-state index < -0.39 is 0 Å². The molecule has 0 aromatic heterocycles. The third kappa shape index (κ3) is 8.31. The summed E-state index contributed by atoms with van der Waals surface area (Å²) in [6.07, 6.45) is 5.85. The van der Waals surface area contributed by atoms with Gasteiger partial charge in [0.1, 0.15) is 5.71 Å². The van der Waals surface area contributed by atoms with Crippen molar-refractivity contribution in [1.29, 1.82) is 0 Å². The molecule has 0 fully saturated rings. The van der Waals surface area contributed by atoms with Crippen LogP contribution in [-0.4, -0.2) is 42.7 Å². The summed E-state index contributed by atoms with van der Waals surface area (Å²) in [5.74, 6) is -0.211. The van der Waals surface area contributed by atoms with Crippen LogP contribution in [0, 0.1) is 3.57 Å². The lowest BCUT2D eigenvalue weighted by Crippen LogP contribution is -2.31. The highest BCUT2D eigenvalue weighted by Gasteiger charge is 2.09. The zero-order chi connectivity index (χ0) is 19.4. The van der Waals surface area contributed by atoms with Gasteiger partial charge < -0.3 is 16.0 Å². The van der Waals surface area contributed by atoms with Gasteiger partial charge in [0.2, 0.25) is 0 Å². The van der Waals surface area contributed by atoms with Crippen molar-refractivity contribution in [2.24, 2.45) is 4.99 Å². The Morgan fingerprint density at radius 1 is 1.27 bits per heavy atom. The second kappa shape index (κ2) is 12.9. The van der Waals surface area contributed by atoms with Gasteiger partial charge in [0.15, 0.2) is 0 Å². The van der Waals surface area contributed by atoms with Gasteiger partial charge in [-0.25, -0.2) is 4.99 Å². The van der Waals surface area contributed by atoms with Crippen LogP contribution in [0.5, 0.6) is 0 Å². The minimum Gasteiger partial charge on any atom is -0.397 e. The number of nitrogen functional groups attached to an aromatic ring is 1. The maximum absolute atomic E-state index is 12.3. The van der Waals surface area contributed by atoms with Gasteiger partial charge in [-0.05, 0) is 92.2 Å². The van der Waals surface area contributed by atoms with Crippen molar-refractivity contribution in [3.63, 3.8) is 0 Å². The molecule has 1 aromatic rings. The average molecular weight is 470 g/mol. The first-order chi connectivity index (χ1) is 12.5. The van der Waals surface area contributed by atoms with Crippen LogP contribution in [0.2, 0.25) is 0 Å². The number of carbonyl (C=O) groups is 1. The quantitative estimate of drug-likeness (QED) is 0.209. The average Bonchev–Trinajstić information content (AvgIpc) is 2.61. The predicted octanol–water partition coefficient (Wildman–Crippen LogP) is 4.15. The molecule has 1 aromatic carbocycles. The van der Waals surface area contributed by atoms with Crippen LogP contribution < -0.4 is 11.1 Å². The smallest absolute Gasteiger partial charge is 0.269 e. The number of hydrogen-bond acceptors (Lipinski definition) is 4. The molecule has 1 rings (SSSR count). The van der Waals surface area contributed by atoms with Gasteiger partial charge in [-0.15, -0.1) is 0 Å². The highest BCUT2D eigenvalue weighted by atomic mass is 127. The molecule has 144 valence electrons. The first kappa shape index (κ1) is 22.6. The van der Waals surface area contributed by atoms with E-state index in [2.05, 4.69) is 58.2 Å². The predicted molar refractivity (Wildman–Crippen MR) is 120 cm³/mol. The van der Waals surface area contributed by atoms with Gasteiger partial charge >= 0.3 is 0 Å². The SMILES string of the molecule is C=C/C(=N\c1ccc(I)cc1N)C(=O)NCCCCN(CCC)CCC. The van der Waals surface area contributed by atoms with Crippen LogP contribution in [0.1, 0.15) is 39.5 Å². The number of carbonyl (C=O) groups excluding carboxylic acids is 1. The van der Waals surface area contributed by atoms with Crippen molar-refractivity contribution in [1.82, 2.24) is 10.2 Å². The van der Waals surface area contributed by atoms with E-state index >= 15 is 0 Å². The van der Waals surface area contributed by atoms with E-state index in [9.17, 15) is 4.79 Å². The standard InChI is InChI=1S/C20H31IN4O/c1-4-12-25(13-5-2)14-8-7-11-23-20(26)18(6-3)24-19-10-9-16(21)15-17(19)22/h6,9-10,15H,3-5,7-8,11-14,22H2,1-2H3,(H,23,26)/b24-18+. The Labute approximate surface area is 171 Å². The van der Waals surface area contributed by atoms with Crippen LogP contribution in [0.3, 0.4) is 0 Å². The molecule has 0 heterocycles. The van der Waals surface area contributed by atoms with Gasteiger partial charge in [-0.1, -0.05) is 20.4 Å². The molecule has 0 aliphatic carbocycles. The fourth-order valence-electron chi connectivity index (χ4n) is 2.67. The van der Waals surface area contributed by atoms with E-state index in [1.54, 1.807) is 0 Å². The number of halogens is 1. The molecule has 0 saturated heterocycles. The van der Waals surface area contributed by atoms with Crippen molar-refractivity contribution in [2.75, 3.05) is 31.9 Å². The topological polar surface area (TPSA) is 70.7 Å². The lowest BCUT2D eigenvalue weighted by atomic mass is 10.2. The van der Waals surface area contributed by atoms with Gasteiger partial charge in [-0.2, -0.15) is 0 Å². The summed E-state index contributed by atoms with van der Waals surface area (Å²) in [6.45, 7) is 12.1. The molecule has 0 unspecified atom stereocenters. The second-order valence-corrected chi connectivity index (χ2v) is 7.45. The summed E-state index contributed by atoms with van der Waals surface area (Å²) >= 11 is 2.19. The van der Waals surface area contributed by atoms with Gasteiger partial charge in [0.25, 0.3) is 5.91 Å². The van der Waals surface area contributed by atoms with E-state index in [0.29, 0.717) is 17.9 Å². The second-order valence-electron chi connectivity index (χ2n) is 6.21. The van der Waals surface area contributed by atoms with Crippen molar-refractivity contribution >= 4 is 45.6 Å². The molecule has 1 amide bonds. The van der Waals surface area contributed by atoms with E-state index in [-0.39, 0.29) is 11.6 Å². The number of aliphatic imine (C=N–C) groups is 1. The normalized spacial score (nSPS) is 11.6.